The van der Waals surface area contributed by atoms with E-state index in [1.165, 1.54) is 16.7 Å². The molecule has 0 saturated carbocycles. The molecule has 0 radical (unpaired) electrons. The molecule has 0 heterocycles. The average molecular weight is 285 g/mol. The summed E-state index contributed by atoms with van der Waals surface area (Å²) in [5.41, 5.74) is 3.62. The SMILES string of the molecule is COc1cccc([C@H](C)NCc2cc(C)ccc2OC)c1. The van der Waals surface area contributed by atoms with Gasteiger partial charge in [-0.15, -0.1) is 0 Å². The van der Waals surface area contributed by atoms with Gasteiger partial charge in [0.05, 0.1) is 14.2 Å². The summed E-state index contributed by atoms with van der Waals surface area (Å²) in [5.74, 6) is 1.81. The van der Waals surface area contributed by atoms with Crippen molar-refractivity contribution in [3.8, 4) is 11.5 Å². The van der Waals surface area contributed by atoms with Crippen molar-refractivity contribution in [2.75, 3.05) is 14.2 Å². The average Bonchev–Trinajstić information content (AvgIpc) is 2.52. The highest BCUT2D eigenvalue weighted by molar-refractivity contribution is 5.37. The van der Waals surface area contributed by atoms with Gasteiger partial charge in [0.1, 0.15) is 11.5 Å². The summed E-state index contributed by atoms with van der Waals surface area (Å²) in [6, 6.07) is 14.6. The first kappa shape index (κ1) is 15.4. The fraction of sp³-hybridized carbons (Fsp3) is 0.333. The zero-order valence-electron chi connectivity index (χ0n) is 13.1. The Morgan fingerprint density at radius 2 is 1.86 bits per heavy atom. The second-order valence-corrected chi connectivity index (χ2v) is 5.19. The molecule has 0 aliphatic rings. The molecule has 0 unspecified atom stereocenters. The quantitative estimate of drug-likeness (QED) is 0.874. The third kappa shape index (κ3) is 3.99. The van der Waals surface area contributed by atoms with Crippen LogP contribution in [-0.2, 0) is 6.54 Å². The Morgan fingerprint density at radius 3 is 2.57 bits per heavy atom. The number of nitrogens with one attached hydrogen (secondary N) is 1. The van der Waals surface area contributed by atoms with Crippen LogP contribution in [0.5, 0.6) is 11.5 Å². The van der Waals surface area contributed by atoms with Crippen LogP contribution in [0.3, 0.4) is 0 Å². The fourth-order valence-corrected chi connectivity index (χ4v) is 2.34. The van der Waals surface area contributed by atoms with Crippen molar-refractivity contribution in [1.82, 2.24) is 5.32 Å². The van der Waals surface area contributed by atoms with Gasteiger partial charge in [-0.25, -0.2) is 0 Å². The van der Waals surface area contributed by atoms with Crippen LogP contribution in [0.25, 0.3) is 0 Å². The highest BCUT2D eigenvalue weighted by Gasteiger charge is 2.08. The Bertz CT molecular complexity index is 596. The molecule has 0 aliphatic heterocycles. The van der Waals surface area contributed by atoms with Gasteiger partial charge in [-0.2, -0.15) is 0 Å². The first-order valence-corrected chi connectivity index (χ1v) is 7.15. The maximum atomic E-state index is 5.41. The molecule has 3 heteroatoms. The molecular weight excluding hydrogens is 262 g/mol. The lowest BCUT2D eigenvalue weighted by molar-refractivity contribution is 0.405. The van der Waals surface area contributed by atoms with Crippen molar-refractivity contribution in [3.05, 3.63) is 59.2 Å². The van der Waals surface area contributed by atoms with Crippen molar-refractivity contribution >= 4 is 0 Å². The molecule has 0 bridgehead atoms. The minimum absolute atomic E-state index is 0.241. The number of hydrogen-bond acceptors (Lipinski definition) is 3. The van der Waals surface area contributed by atoms with Crippen LogP contribution in [0.1, 0.15) is 29.7 Å². The zero-order chi connectivity index (χ0) is 15.2. The Labute approximate surface area is 126 Å². The van der Waals surface area contributed by atoms with Gasteiger partial charge in [0.15, 0.2) is 0 Å². The van der Waals surface area contributed by atoms with Crippen molar-refractivity contribution in [1.29, 1.82) is 0 Å². The summed E-state index contributed by atoms with van der Waals surface area (Å²) in [6.45, 7) is 5.01. The van der Waals surface area contributed by atoms with Gasteiger partial charge < -0.3 is 14.8 Å². The lowest BCUT2D eigenvalue weighted by Gasteiger charge is -2.17. The maximum Gasteiger partial charge on any atom is 0.123 e. The molecule has 0 aromatic heterocycles. The van der Waals surface area contributed by atoms with Gasteiger partial charge >= 0.3 is 0 Å². The fourth-order valence-electron chi connectivity index (χ4n) is 2.34. The van der Waals surface area contributed by atoms with Gasteiger partial charge in [-0.1, -0.05) is 29.8 Å². The minimum atomic E-state index is 0.241. The Morgan fingerprint density at radius 1 is 1.05 bits per heavy atom. The lowest BCUT2D eigenvalue weighted by Crippen LogP contribution is -2.18. The number of aryl methyl sites for hydroxylation is 1. The van der Waals surface area contributed by atoms with E-state index in [1.54, 1.807) is 14.2 Å². The molecule has 0 aliphatic carbocycles. The van der Waals surface area contributed by atoms with Crippen LogP contribution >= 0.6 is 0 Å². The second kappa shape index (κ2) is 7.14. The van der Waals surface area contributed by atoms with Gasteiger partial charge in [0, 0.05) is 18.2 Å². The third-order valence-electron chi connectivity index (χ3n) is 3.63. The predicted octanol–water partition coefficient (Wildman–Crippen LogP) is 3.86. The van der Waals surface area contributed by atoms with Crippen LogP contribution in [-0.4, -0.2) is 14.2 Å². The molecule has 2 aromatic carbocycles. The zero-order valence-corrected chi connectivity index (χ0v) is 13.1. The van der Waals surface area contributed by atoms with Crippen molar-refractivity contribution in [2.45, 2.75) is 26.4 Å². The Balaban J connectivity index is 2.06. The largest absolute Gasteiger partial charge is 0.497 e. The molecule has 2 aromatic rings. The molecule has 1 atom stereocenters. The topological polar surface area (TPSA) is 30.5 Å². The molecule has 2 rings (SSSR count). The van der Waals surface area contributed by atoms with Gasteiger partial charge in [0.2, 0.25) is 0 Å². The van der Waals surface area contributed by atoms with Crippen LogP contribution in [0.4, 0.5) is 0 Å². The van der Waals surface area contributed by atoms with Crippen LogP contribution in [0, 0.1) is 6.92 Å². The molecule has 0 spiro atoms. The van der Waals surface area contributed by atoms with E-state index in [-0.39, 0.29) is 6.04 Å². The minimum Gasteiger partial charge on any atom is -0.497 e. The summed E-state index contributed by atoms with van der Waals surface area (Å²) >= 11 is 0. The third-order valence-corrected chi connectivity index (χ3v) is 3.63. The second-order valence-electron chi connectivity index (χ2n) is 5.19. The molecule has 0 amide bonds. The maximum absolute atomic E-state index is 5.41. The molecule has 21 heavy (non-hydrogen) atoms. The smallest absolute Gasteiger partial charge is 0.123 e. The molecule has 0 fully saturated rings. The van der Waals surface area contributed by atoms with Crippen LogP contribution < -0.4 is 14.8 Å². The van der Waals surface area contributed by atoms with E-state index in [2.05, 4.69) is 43.4 Å². The highest BCUT2D eigenvalue weighted by atomic mass is 16.5. The van der Waals surface area contributed by atoms with Gasteiger partial charge in [0.25, 0.3) is 0 Å². The monoisotopic (exact) mass is 285 g/mol. The van der Waals surface area contributed by atoms with Crippen molar-refractivity contribution < 1.29 is 9.47 Å². The lowest BCUT2D eigenvalue weighted by atomic mass is 10.1. The molecule has 0 saturated heterocycles. The summed E-state index contributed by atoms with van der Waals surface area (Å²) in [7, 11) is 3.40. The van der Waals surface area contributed by atoms with E-state index in [4.69, 9.17) is 9.47 Å². The van der Waals surface area contributed by atoms with E-state index in [0.29, 0.717) is 0 Å². The molecule has 112 valence electrons. The first-order valence-electron chi connectivity index (χ1n) is 7.15. The van der Waals surface area contributed by atoms with Crippen molar-refractivity contribution in [3.63, 3.8) is 0 Å². The number of ether oxygens (including phenoxy) is 2. The normalized spacial score (nSPS) is 12.0. The van der Waals surface area contributed by atoms with Crippen LogP contribution in [0.15, 0.2) is 42.5 Å². The van der Waals surface area contributed by atoms with E-state index < -0.39 is 0 Å². The number of rotatable bonds is 6. The molecule has 3 nitrogen and oxygen atoms in total. The predicted molar refractivity (Wildman–Crippen MR) is 86.0 cm³/mol. The van der Waals surface area contributed by atoms with Gasteiger partial charge in [-0.3, -0.25) is 0 Å². The number of hydrogen-bond donors (Lipinski definition) is 1. The Kier molecular flexibility index (Phi) is 5.23. The Hall–Kier alpha value is -2.00. The van der Waals surface area contributed by atoms with E-state index in [1.807, 2.05) is 18.2 Å². The summed E-state index contributed by atoms with van der Waals surface area (Å²) in [5, 5.41) is 3.53. The summed E-state index contributed by atoms with van der Waals surface area (Å²) in [6.07, 6.45) is 0. The van der Waals surface area contributed by atoms with E-state index in [0.717, 1.165) is 18.0 Å². The standard InChI is InChI=1S/C18H23NO2/c1-13-8-9-18(21-4)16(10-13)12-19-14(2)15-6-5-7-17(11-15)20-3/h5-11,14,19H,12H2,1-4H3/t14-/m0/s1. The van der Waals surface area contributed by atoms with Crippen molar-refractivity contribution in [2.24, 2.45) is 0 Å². The van der Waals surface area contributed by atoms with Crippen LogP contribution in [0.2, 0.25) is 0 Å². The van der Waals surface area contributed by atoms with Gasteiger partial charge in [-0.05, 0) is 37.6 Å². The van der Waals surface area contributed by atoms with E-state index >= 15 is 0 Å². The first-order chi connectivity index (χ1) is 10.1. The highest BCUT2D eigenvalue weighted by Crippen LogP contribution is 2.22. The van der Waals surface area contributed by atoms with E-state index in [9.17, 15) is 0 Å². The summed E-state index contributed by atoms with van der Waals surface area (Å²) < 4.78 is 10.7. The number of benzene rings is 2. The number of methoxy groups -OCH3 is 2. The molecular formula is C18H23NO2. The summed E-state index contributed by atoms with van der Waals surface area (Å²) in [4.78, 5) is 0. The molecule has 1 N–H and O–H groups in total.